The first-order valence-corrected chi connectivity index (χ1v) is 5.56. The topological polar surface area (TPSA) is 83.5 Å². The molecule has 5 heteroatoms. The number of aliphatic carboxylic acids is 1. The van der Waals surface area contributed by atoms with Gasteiger partial charge in [0, 0.05) is 5.56 Å². The maximum Gasteiger partial charge on any atom is 0.326 e. The number of benzene rings is 1. The van der Waals surface area contributed by atoms with Crippen LogP contribution in [0.15, 0.2) is 30.3 Å². The highest BCUT2D eigenvalue weighted by Gasteiger charge is 2.26. The molecule has 0 radical (unpaired) electrons. The molecule has 18 heavy (non-hydrogen) atoms. The molecule has 5 nitrogen and oxygen atoms in total. The number of carboxylic acid groups (broad SMARTS) is 1. The molecule has 1 unspecified atom stereocenters. The Kier molecular flexibility index (Phi) is 4.59. The number of Topliss-reactive ketones (excluding diaryl/α,β-unsaturated/α-hetero) is 1. The Balaban J connectivity index is 2.77. The fraction of sp³-hybridized carbons (Fsp3) is 0.308. The van der Waals surface area contributed by atoms with Crippen molar-refractivity contribution in [2.75, 3.05) is 0 Å². The number of ketones is 1. The van der Waals surface area contributed by atoms with Gasteiger partial charge in [-0.05, 0) is 5.92 Å². The van der Waals surface area contributed by atoms with E-state index in [9.17, 15) is 14.4 Å². The van der Waals surface area contributed by atoms with Crippen LogP contribution in [0.2, 0.25) is 0 Å². The van der Waals surface area contributed by atoms with E-state index in [0.717, 1.165) is 0 Å². The minimum Gasteiger partial charge on any atom is -0.480 e. The summed E-state index contributed by atoms with van der Waals surface area (Å²) in [6.07, 6.45) is 0. The summed E-state index contributed by atoms with van der Waals surface area (Å²) in [5, 5.41) is 11.1. The van der Waals surface area contributed by atoms with Crippen LogP contribution in [-0.2, 0) is 9.59 Å². The van der Waals surface area contributed by atoms with Crippen LogP contribution >= 0.6 is 0 Å². The van der Waals surface area contributed by atoms with E-state index < -0.39 is 23.7 Å². The van der Waals surface area contributed by atoms with Crippen molar-refractivity contribution in [3.05, 3.63) is 35.9 Å². The quantitative estimate of drug-likeness (QED) is 0.604. The van der Waals surface area contributed by atoms with Gasteiger partial charge in [0.05, 0.1) is 0 Å². The summed E-state index contributed by atoms with van der Waals surface area (Å²) in [5.74, 6) is -3.08. The Morgan fingerprint density at radius 2 is 1.67 bits per heavy atom. The minimum atomic E-state index is -1.15. The third kappa shape index (κ3) is 3.41. The lowest BCUT2D eigenvalue weighted by atomic mass is 10.0. The van der Waals surface area contributed by atoms with Crippen molar-refractivity contribution in [3.8, 4) is 0 Å². The summed E-state index contributed by atoms with van der Waals surface area (Å²) < 4.78 is 0. The largest absolute Gasteiger partial charge is 0.480 e. The Morgan fingerprint density at radius 3 is 2.11 bits per heavy atom. The Bertz CT molecular complexity index is 453. The molecule has 0 saturated heterocycles. The molecule has 1 atom stereocenters. The van der Waals surface area contributed by atoms with Gasteiger partial charge < -0.3 is 10.4 Å². The van der Waals surface area contributed by atoms with E-state index in [2.05, 4.69) is 5.32 Å². The average Bonchev–Trinajstić information content (AvgIpc) is 2.35. The van der Waals surface area contributed by atoms with Gasteiger partial charge in [0.15, 0.2) is 0 Å². The zero-order chi connectivity index (χ0) is 13.7. The fourth-order valence-electron chi connectivity index (χ4n) is 1.44. The van der Waals surface area contributed by atoms with Crippen LogP contribution in [0.5, 0.6) is 0 Å². The van der Waals surface area contributed by atoms with Crippen LogP contribution in [0.1, 0.15) is 24.2 Å². The lowest BCUT2D eigenvalue weighted by molar-refractivity contribution is -0.142. The van der Waals surface area contributed by atoms with Crippen LogP contribution in [0, 0.1) is 5.92 Å². The van der Waals surface area contributed by atoms with E-state index in [0.29, 0.717) is 0 Å². The zero-order valence-corrected chi connectivity index (χ0v) is 10.2. The normalized spacial score (nSPS) is 11.9. The van der Waals surface area contributed by atoms with Gasteiger partial charge in [-0.3, -0.25) is 9.59 Å². The Morgan fingerprint density at radius 1 is 1.11 bits per heavy atom. The number of carbonyl (C=O) groups is 3. The van der Waals surface area contributed by atoms with Gasteiger partial charge in [-0.25, -0.2) is 4.79 Å². The molecular formula is C13H15NO4. The highest BCUT2D eigenvalue weighted by molar-refractivity contribution is 6.43. The lowest BCUT2D eigenvalue weighted by Crippen LogP contribution is -2.46. The fourth-order valence-corrected chi connectivity index (χ4v) is 1.44. The average molecular weight is 249 g/mol. The minimum absolute atomic E-state index is 0.239. The number of rotatable bonds is 5. The summed E-state index contributed by atoms with van der Waals surface area (Å²) in [7, 11) is 0. The predicted molar refractivity (Wildman–Crippen MR) is 65.2 cm³/mol. The van der Waals surface area contributed by atoms with Crippen LogP contribution in [0.3, 0.4) is 0 Å². The summed E-state index contributed by atoms with van der Waals surface area (Å²) in [6.45, 7) is 3.32. The van der Waals surface area contributed by atoms with Crippen LogP contribution < -0.4 is 5.32 Å². The Labute approximate surface area is 105 Å². The standard InChI is InChI=1S/C13H15NO4/c1-8(2)10(13(17)18)14-12(16)11(15)9-6-4-3-5-7-9/h3-8,10H,1-2H3,(H,14,16)(H,17,18). The number of hydrogen-bond acceptors (Lipinski definition) is 3. The predicted octanol–water partition coefficient (Wildman–Crippen LogP) is 1.09. The van der Waals surface area contributed by atoms with Crippen LogP contribution in [0.4, 0.5) is 0 Å². The third-order valence-corrected chi connectivity index (χ3v) is 2.46. The summed E-state index contributed by atoms with van der Waals surface area (Å²) >= 11 is 0. The summed E-state index contributed by atoms with van der Waals surface area (Å²) in [5.41, 5.74) is 0.239. The molecule has 1 amide bonds. The van der Waals surface area contributed by atoms with Crippen molar-refractivity contribution in [2.24, 2.45) is 5.92 Å². The molecule has 2 N–H and O–H groups in total. The van der Waals surface area contributed by atoms with Crippen molar-refractivity contribution < 1.29 is 19.5 Å². The molecule has 0 heterocycles. The van der Waals surface area contributed by atoms with E-state index in [1.807, 2.05) is 0 Å². The van der Waals surface area contributed by atoms with Gasteiger partial charge >= 0.3 is 5.97 Å². The molecule has 0 aliphatic carbocycles. The molecule has 0 aromatic heterocycles. The smallest absolute Gasteiger partial charge is 0.326 e. The SMILES string of the molecule is CC(C)C(NC(=O)C(=O)c1ccccc1)C(=O)O. The number of hydrogen-bond donors (Lipinski definition) is 2. The summed E-state index contributed by atoms with van der Waals surface area (Å²) in [6, 6.07) is 6.95. The molecule has 0 fully saturated rings. The zero-order valence-electron chi connectivity index (χ0n) is 10.2. The molecule has 0 saturated carbocycles. The van der Waals surface area contributed by atoms with Crippen molar-refractivity contribution >= 4 is 17.7 Å². The van der Waals surface area contributed by atoms with Gasteiger partial charge in [-0.2, -0.15) is 0 Å². The molecule has 0 aliphatic heterocycles. The second-order valence-electron chi connectivity index (χ2n) is 4.23. The first-order chi connectivity index (χ1) is 8.43. The molecule has 0 aliphatic rings. The number of carbonyl (C=O) groups excluding carboxylic acids is 2. The molecule has 0 spiro atoms. The molecule has 0 bridgehead atoms. The van der Waals surface area contributed by atoms with Crippen molar-refractivity contribution in [3.63, 3.8) is 0 Å². The van der Waals surface area contributed by atoms with E-state index >= 15 is 0 Å². The number of amides is 1. The third-order valence-electron chi connectivity index (χ3n) is 2.46. The van der Waals surface area contributed by atoms with Gasteiger partial charge in [-0.1, -0.05) is 44.2 Å². The van der Waals surface area contributed by atoms with Crippen molar-refractivity contribution in [1.82, 2.24) is 5.32 Å². The van der Waals surface area contributed by atoms with Crippen LogP contribution in [-0.4, -0.2) is 28.8 Å². The van der Waals surface area contributed by atoms with Gasteiger partial charge in [0.2, 0.25) is 5.78 Å². The maximum atomic E-state index is 11.7. The second-order valence-corrected chi connectivity index (χ2v) is 4.23. The van der Waals surface area contributed by atoms with Crippen molar-refractivity contribution in [2.45, 2.75) is 19.9 Å². The highest BCUT2D eigenvalue weighted by Crippen LogP contribution is 2.04. The molecule has 1 rings (SSSR count). The van der Waals surface area contributed by atoms with Gasteiger partial charge in [0.25, 0.3) is 5.91 Å². The van der Waals surface area contributed by atoms with Crippen molar-refractivity contribution in [1.29, 1.82) is 0 Å². The van der Waals surface area contributed by atoms with Crippen LogP contribution in [0.25, 0.3) is 0 Å². The maximum absolute atomic E-state index is 11.7. The highest BCUT2D eigenvalue weighted by atomic mass is 16.4. The molecule has 1 aromatic rings. The van der Waals surface area contributed by atoms with E-state index in [-0.39, 0.29) is 11.5 Å². The van der Waals surface area contributed by atoms with Gasteiger partial charge in [-0.15, -0.1) is 0 Å². The van der Waals surface area contributed by atoms with Gasteiger partial charge in [0.1, 0.15) is 6.04 Å². The Hall–Kier alpha value is -2.17. The van der Waals surface area contributed by atoms with E-state index in [1.54, 1.807) is 32.0 Å². The van der Waals surface area contributed by atoms with E-state index in [4.69, 9.17) is 5.11 Å². The molecular weight excluding hydrogens is 234 g/mol. The first kappa shape index (κ1) is 13.9. The van der Waals surface area contributed by atoms with E-state index in [1.165, 1.54) is 12.1 Å². The molecule has 96 valence electrons. The second kappa shape index (κ2) is 5.95. The monoisotopic (exact) mass is 249 g/mol. The first-order valence-electron chi connectivity index (χ1n) is 5.56. The number of carboxylic acids is 1. The number of nitrogens with one attached hydrogen (secondary N) is 1. The lowest BCUT2D eigenvalue weighted by Gasteiger charge is -2.17. The summed E-state index contributed by atoms with van der Waals surface area (Å²) in [4.78, 5) is 34.3. The molecule has 1 aromatic carbocycles.